The molecule has 1 aliphatic rings. The summed E-state index contributed by atoms with van der Waals surface area (Å²) in [6.45, 7) is 3.91. The Morgan fingerprint density at radius 2 is 1.58 bits per heavy atom. The van der Waals surface area contributed by atoms with E-state index in [2.05, 4.69) is 31.9 Å². The van der Waals surface area contributed by atoms with Crippen molar-refractivity contribution in [2.45, 2.75) is 38.3 Å². The van der Waals surface area contributed by atoms with Gasteiger partial charge in [0.1, 0.15) is 0 Å². The van der Waals surface area contributed by atoms with Crippen LogP contribution in [0.25, 0.3) is 0 Å². The lowest BCUT2D eigenvalue weighted by Gasteiger charge is -2.39. The predicted molar refractivity (Wildman–Crippen MR) is 56.0 cm³/mol. The van der Waals surface area contributed by atoms with E-state index in [0.717, 1.165) is 17.1 Å². The fourth-order valence-electron chi connectivity index (χ4n) is 1.41. The van der Waals surface area contributed by atoms with E-state index in [1.165, 1.54) is 0 Å². The van der Waals surface area contributed by atoms with E-state index in [-0.39, 0.29) is 12.2 Å². The summed E-state index contributed by atoms with van der Waals surface area (Å²) in [7, 11) is 0. The Morgan fingerprint density at radius 3 is 1.92 bits per heavy atom. The highest BCUT2D eigenvalue weighted by molar-refractivity contribution is 9.09. The molecule has 1 saturated heterocycles. The molecule has 0 amide bonds. The minimum Gasteiger partial charge on any atom is -0.346 e. The first-order chi connectivity index (χ1) is 5.57. The lowest BCUT2D eigenvalue weighted by Crippen LogP contribution is -2.45. The summed E-state index contributed by atoms with van der Waals surface area (Å²) in [4.78, 5) is 0. The maximum atomic E-state index is 5.67. The maximum absolute atomic E-state index is 5.67. The summed E-state index contributed by atoms with van der Waals surface area (Å²) < 4.78 is 11.3. The standard InChI is InChI=1S/C8H14Br2O2/c1-8(2)11-6(4-9)3-7(5-10)12-8/h6-7H,3-5H2,1-2H3/t6-,7-/m0/s1. The molecule has 4 heteroatoms. The van der Waals surface area contributed by atoms with Crippen molar-refractivity contribution in [3.63, 3.8) is 0 Å². The smallest absolute Gasteiger partial charge is 0.163 e. The van der Waals surface area contributed by atoms with Crippen LogP contribution in [0.1, 0.15) is 20.3 Å². The van der Waals surface area contributed by atoms with Gasteiger partial charge in [0.25, 0.3) is 0 Å². The molecule has 0 aromatic carbocycles. The van der Waals surface area contributed by atoms with Crippen LogP contribution in [-0.4, -0.2) is 28.7 Å². The molecule has 1 rings (SSSR count). The molecule has 0 unspecified atom stereocenters. The molecule has 0 aliphatic carbocycles. The van der Waals surface area contributed by atoms with E-state index >= 15 is 0 Å². The van der Waals surface area contributed by atoms with Crippen molar-refractivity contribution >= 4 is 31.9 Å². The van der Waals surface area contributed by atoms with Crippen LogP contribution in [0.4, 0.5) is 0 Å². The van der Waals surface area contributed by atoms with Crippen molar-refractivity contribution in [2.75, 3.05) is 10.7 Å². The Balaban J connectivity index is 2.53. The fraction of sp³-hybridized carbons (Fsp3) is 1.00. The van der Waals surface area contributed by atoms with Crippen molar-refractivity contribution in [2.24, 2.45) is 0 Å². The molecule has 0 aromatic heterocycles. The van der Waals surface area contributed by atoms with Gasteiger partial charge in [-0.15, -0.1) is 0 Å². The van der Waals surface area contributed by atoms with E-state index in [0.29, 0.717) is 0 Å². The second kappa shape index (κ2) is 4.40. The minimum atomic E-state index is -0.435. The van der Waals surface area contributed by atoms with Crippen LogP contribution >= 0.6 is 31.9 Å². The van der Waals surface area contributed by atoms with Gasteiger partial charge in [-0.25, -0.2) is 0 Å². The van der Waals surface area contributed by atoms with Gasteiger partial charge in [-0.1, -0.05) is 31.9 Å². The summed E-state index contributed by atoms with van der Waals surface area (Å²) in [6.07, 6.45) is 1.51. The quantitative estimate of drug-likeness (QED) is 0.730. The number of hydrogen-bond donors (Lipinski definition) is 0. The lowest BCUT2D eigenvalue weighted by atomic mass is 10.1. The normalized spacial score (nSPS) is 35.0. The van der Waals surface area contributed by atoms with Gasteiger partial charge in [0.15, 0.2) is 5.79 Å². The molecule has 1 fully saturated rings. The molecular formula is C8H14Br2O2. The van der Waals surface area contributed by atoms with Crippen LogP contribution in [0, 0.1) is 0 Å². The topological polar surface area (TPSA) is 18.5 Å². The summed E-state index contributed by atoms with van der Waals surface area (Å²) in [5.74, 6) is -0.435. The van der Waals surface area contributed by atoms with Gasteiger partial charge >= 0.3 is 0 Å². The second-order valence-corrected chi connectivity index (χ2v) is 4.72. The average molecular weight is 302 g/mol. The molecule has 2 atom stereocenters. The third-order valence-electron chi connectivity index (χ3n) is 1.77. The average Bonchev–Trinajstić information content (AvgIpc) is 2.01. The van der Waals surface area contributed by atoms with Gasteiger partial charge in [0.2, 0.25) is 0 Å². The van der Waals surface area contributed by atoms with E-state index in [1.807, 2.05) is 13.8 Å². The zero-order chi connectivity index (χ0) is 9.19. The number of rotatable bonds is 2. The Kier molecular flexibility index (Phi) is 4.02. The van der Waals surface area contributed by atoms with Gasteiger partial charge in [-0.05, 0) is 13.8 Å². The first-order valence-electron chi connectivity index (χ1n) is 4.05. The molecule has 12 heavy (non-hydrogen) atoms. The zero-order valence-electron chi connectivity index (χ0n) is 7.35. The van der Waals surface area contributed by atoms with Gasteiger partial charge < -0.3 is 9.47 Å². The van der Waals surface area contributed by atoms with Crippen LogP contribution in [0.2, 0.25) is 0 Å². The van der Waals surface area contributed by atoms with Crippen molar-refractivity contribution in [1.29, 1.82) is 0 Å². The molecule has 0 saturated carbocycles. The third-order valence-corrected chi connectivity index (χ3v) is 3.22. The molecule has 72 valence electrons. The number of hydrogen-bond acceptors (Lipinski definition) is 2. The molecule has 0 spiro atoms. The van der Waals surface area contributed by atoms with Crippen LogP contribution in [0.5, 0.6) is 0 Å². The number of alkyl halides is 2. The molecule has 0 aromatic rings. The minimum absolute atomic E-state index is 0.274. The van der Waals surface area contributed by atoms with Gasteiger partial charge in [-0.2, -0.15) is 0 Å². The molecule has 2 nitrogen and oxygen atoms in total. The maximum Gasteiger partial charge on any atom is 0.163 e. The summed E-state index contributed by atoms with van der Waals surface area (Å²) in [5.41, 5.74) is 0. The second-order valence-electron chi connectivity index (χ2n) is 3.42. The van der Waals surface area contributed by atoms with Crippen LogP contribution < -0.4 is 0 Å². The van der Waals surface area contributed by atoms with Gasteiger partial charge in [-0.3, -0.25) is 0 Å². The van der Waals surface area contributed by atoms with Crippen molar-refractivity contribution in [1.82, 2.24) is 0 Å². The summed E-state index contributed by atoms with van der Waals surface area (Å²) >= 11 is 6.85. The molecule has 0 radical (unpaired) electrons. The van der Waals surface area contributed by atoms with Crippen molar-refractivity contribution < 1.29 is 9.47 Å². The van der Waals surface area contributed by atoms with Crippen molar-refractivity contribution in [3.05, 3.63) is 0 Å². The van der Waals surface area contributed by atoms with E-state index in [4.69, 9.17) is 9.47 Å². The highest BCUT2D eigenvalue weighted by Gasteiger charge is 2.34. The molecular weight excluding hydrogens is 288 g/mol. The summed E-state index contributed by atoms with van der Waals surface area (Å²) in [6, 6.07) is 0. The van der Waals surface area contributed by atoms with Crippen LogP contribution in [-0.2, 0) is 9.47 Å². The Morgan fingerprint density at radius 1 is 1.17 bits per heavy atom. The van der Waals surface area contributed by atoms with E-state index < -0.39 is 5.79 Å². The largest absolute Gasteiger partial charge is 0.346 e. The third kappa shape index (κ3) is 2.98. The molecule has 1 aliphatic heterocycles. The number of halogens is 2. The highest BCUT2D eigenvalue weighted by atomic mass is 79.9. The molecule has 0 bridgehead atoms. The van der Waals surface area contributed by atoms with Crippen LogP contribution in [0.15, 0.2) is 0 Å². The number of ether oxygens (including phenoxy) is 2. The highest BCUT2D eigenvalue weighted by Crippen LogP contribution is 2.28. The predicted octanol–water partition coefficient (Wildman–Crippen LogP) is 2.69. The van der Waals surface area contributed by atoms with Gasteiger partial charge in [0.05, 0.1) is 12.2 Å². The molecule has 1 heterocycles. The first kappa shape index (κ1) is 11.0. The Bertz CT molecular complexity index is 136. The molecule has 0 N–H and O–H groups in total. The summed E-state index contributed by atoms with van der Waals surface area (Å²) in [5, 5.41) is 1.76. The van der Waals surface area contributed by atoms with Crippen molar-refractivity contribution in [3.8, 4) is 0 Å². The fourth-order valence-corrected chi connectivity index (χ4v) is 2.20. The van der Waals surface area contributed by atoms with Crippen LogP contribution in [0.3, 0.4) is 0 Å². The first-order valence-corrected chi connectivity index (χ1v) is 6.29. The van der Waals surface area contributed by atoms with E-state index in [9.17, 15) is 0 Å². The SMILES string of the molecule is CC1(C)O[C@H](CBr)C[C@@H](CBr)O1. The Labute approximate surface area is 90.3 Å². The Hall–Kier alpha value is 0.880. The van der Waals surface area contributed by atoms with Gasteiger partial charge in [0, 0.05) is 17.1 Å². The monoisotopic (exact) mass is 300 g/mol. The van der Waals surface area contributed by atoms with E-state index in [1.54, 1.807) is 0 Å². The zero-order valence-corrected chi connectivity index (χ0v) is 10.5. The lowest BCUT2D eigenvalue weighted by molar-refractivity contribution is -0.289.